The van der Waals surface area contributed by atoms with E-state index in [0.717, 1.165) is 10.9 Å². The van der Waals surface area contributed by atoms with Crippen molar-refractivity contribution in [3.05, 3.63) is 40.7 Å². The van der Waals surface area contributed by atoms with Gasteiger partial charge in [0, 0.05) is 23.2 Å². The van der Waals surface area contributed by atoms with E-state index in [2.05, 4.69) is 10.3 Å². The largest absolute Gasteiger partial charge is 0.315 e. The predicted octanol–water partition coefficient (Wildman–Crippen LogP) is 2.95. The molecule has 0 saturated heterocycles. The molecule has 1 N–H and O–H groups in total. The van der Waals surface area contributed by atoms with Crippen LogP contribution in [-0.4, -0.2) is 12.0 Å². The molecule has 0 aliphatic heterocycles. The Bertz CT molecular complexity index is 540. The number of thiazole rings is 1. The molecule has 2 nitrogen and oxygen atoms in total. The maximum atomic E-state index is 13.5. The summed E-state index contributed by atoms with van der Waals surface area (Å²) >= 11 is 1.24. The average molecular weight is 258 g/mol. The Kier molecular flexibility index (Phi) is 3.44. The van der Waals surface area contributed by atoms with Crippen molar-refractivity contribution in [1.29, 1.82) is 0 Å². The zero-order chi connectivity index (χ0) is 12.4. The molecule has 17 heavy (non-hydrogen) atoms. The third-order valence-corrected chi connectivity index (χ3v) is 3.20. The summed E-state index contributed by atoms with van der Waals surface area (Å²) in [6.07, 6.45) is 1.58. The lowest BCUT2D eigenvalue weighted by molar-refractivity contribution is 0.449. The van der Waals surface area contributed by atoms with Gasteiger partial charge in [-0.2, -0.15) is 0 Å². The maximum Gasteiger partial charge on any atom is 0.195 e. The Balaban J connectivity index is 2.42. The topological polar surface area (TPSA) is 24.9 Å². The van der Waals surface area contributed by atoms with Gasteiger partial charge in [-0.05, 0) is 19.2 Å². The number of nitrogens with one attached hydrogen (secondary N) is 1. The molecule has 0 unspecified atom stereocenters. The Morgan fingerprint density at radius 3 is 2.71 bits per heavy atom. The second kappa shape index (κ2) is 4.85. The SMILES string of the molecule is CNCc1cnc(-c2ccc(F)c(F)c2F)s1. The molecular weight excluding hydrogens is 249 g/mol. The summed E-state index contributed by atoms with van der Waals surface area (Å²) in [4.78, 5) is 4.88. The fourth-order valence-electron chi connectivity index (χ4n) is 1.38. The second-order valence-corrected chi connectivity index (χ2v) is 4.50. The molecule has 2 rings (SSSR count). The van der Waals surface area contributed by atoms with E-state index in [1.807, 2.05) is 0 Å². The zero-order valence-electron chi connectivity index (χ0n) is 8.93. The molecule has 0 saturated carbocycles. The van der Waals surface area contributed by atoms with Crippen LogP contribution in [-0.2, 0) is 6.54 Å². The van der Waals surface area contributed by atoms with Crippen molar-refractivity contribution >= 4 is 11.3 Å². The van der Waals surface area contributed by atoms with Gasteiger partial charge in [0.1, 0.15) is 5.01 Å². The van der Waals surface area contributed by atoms with Crippen molar-refractivity contribution < 1.29 is 13.2 Å². The zero-order valence-corrected chi connectivity index (χ0v) is 9.75. The first-order valence-corrected chi connectivity index (χ1v) is 5.68. The van der Waals surface area contributed by atoms with E-state index in [0.29, 0.717) is 11.6 Å². The molecule has 0 radical (unpaired) electrons. The molecule has 1 aromatic carbocycles. The Morgan fingerprint density at radius 1 is 1.24 bits per heavy atom. The van der Waals surface area contributed by atoms with Gasteiger partial charge in [0.15, 0.2) is 17.5 Å². The van der Waals surface area contributed by atoms with Crippen LogP contribution in [0.4, 0.5) is 13.2 Å². The number of rotatable bonds is 3. The fraction of sp³-hybridized carbons (Fsp3) is 0.182. The monoisotopic (exact) mass is 258 g/mol. The third-order valence-electron chi connectivity index (χ3n) is 2.17. The Hall–Kier alpha value is -1.40. The van der Waals surface area contributed by atoms with Gasteiger partial charge in [0.2, 0.25) is 0 Å². The van der Waals surface area contributed by atoms with Crippen molar-refractivity contribution in [2.75, 3.05) is 7.05 Å². The summed E-state index contributed by atoms with van der Waals surface area (Å²) in [6, 6.07) is 2.09. The van der Waals surface area contributed by atoms with E-state index in [9.17, 15) is 13.2 Å². The molecule has 0 atom stereocenters. The van der Waals surface area contributed by atoms with Crippen molar-refractivity contribution in [3.8, 4) is 10.6 Å². The number of aromatic nitrogens is 1. The van der Waals surface area contributed by atoms with Crippen LogP contribution in [0.15, 0.2) is 18.3 Å². The van der Waals surface area contributed by atoms with Crippen molar-refractivity contribution in [3.63, 3.8) is 0 Å². The highest BCUT2D eigenvalue weighted by Gasteiger charge is 2.16. The first-order chi connectivity index (χ1) is 8.13. The molecular formula is C11H9F3N2S. The van der Waals surface area contributed by atoms with Gasteiger partial charge in [-0.25, -0.2) is 18.2 Å². The van der Waals surface area contributed by atoms with Gasteiger partial charge in [-0.1, -0.05) is 0 Å². The predicted molar refractivity (Wildman–Crippen MR) is 60.2 cm³/mol. The minimum absolute atomic E-state index is 0.0174. The van der Waals surface area contributed by atoms with Gasteiger partial charge in [-0.15, -0.1) is 11.3 Å². The highest BCUT2D eigenvalue weighted by Crippen LogP contribution is 2.29. The molecule has 1 aromatic heterocycles. The fourth-order valence-corrected chi connectivity index (χ4v) is 2.32. The summed E-state index contributed by atoms with van der Waals surface area (Å²) in [5.41, 5.74) is -0.0174. The maximum absolute atomic E-state index is 13.5. The minimum Gasteiger partial charge on any atom is -0.315 e. The first-order valence-electron chi connectivity index (χ1n) is 4.86. The van der Waals surface area contributed by atoms with Gasteiger partial charge in [0.25, 0.3) is 0 Å². The average Bonchev–Trinajstić information content (AvgIpc) is 2.75. The molecule has 6 heteroatoms. The van der Waals surface area contributed by atoms with Crippen LogP contribution < -0.4 is 5.32 Å². The van der Waals surface area contributed by atoms with Crippen LogP contribution in [0, 0.1) is 17.5 Å². The summed E-state index contributed by atoms with van der Waals surface area (Å²) in [5, 5.41) is 3.27. The molecule has 2 aromatic rings. The van der Waals surface area contributed by atoms with Crippen LogP contribution in [0.1, 0.15) is 4.88 Å². The summed E-state index contributed by atoms with van der Waals surface area (Å²) in [5.74, 6) is -3.86. The van der Waals surface area contributed by atoms with E-state index < -0.39 is 17.5 Å². The number of halogens is 3. The molecule has 0 amide bonds. The van der Waals surface area contributed by atoms with Crippen LogP contribution in [0.2, 0.25) is 0 Å². The molecule has 90 valence electrons. The van der Waals surface area contributed by atoms with E-state index in [-0.39, 0.29) is 5.56 Å². The number of hydrogen-bond acceptors (Lipinski definition) is 3. The van der Waals surface area contributed by atoms with E-state index in [1.54, 1.807) is 13.2 Å². The molecule has 0 aliphatic rings. The minimum atomic E-state index is -1.46. The quantitative estimate of drug-likeness (QED) is 0.856. The van der Waals surface area contributed by atoms with Crippen molar-refractivity contribution in [2.24, 2.45) is 0 Å². The van der Waals surface area contributed by atoms with Crippen molar-refractivity contribution in [2.45, 2.75) is 6.54 Å². The smallest absolute Gasteiger partial charge is 0.195 e. The Labute approximate surface area is 100 Å². The summed E-state index contributed by atoms with van der Waals surface area (Å²) in [6.45, 7) is 0.600. The van der Waals surface area contributed by atoms with E-state index >= 15 is 0 Å². The highest BCUT2D eigenvalue weighted by atomic mass is 32.1. The van der Waals surface area contributed by atoms with Crippen LogP contribution in [0.5, 0.6) is 0 Å². The second-order valence-electron chi connectivity index (χ2n) is 3.38. The summed E-state index contributed by atoms with van der Waals surface area (Å²) < 4.78 is 39.3. The van der Waals surface area contributed by atoms with Crippen molar-refractivity contribution in [1.82, 2.24) is 10.3 Å². The summed E-state index contributed by atoms with van der Waals surface area (Å²) in [7, 11) is 1.78. The third kappa shape index (κ3) is 2.32. The van der Waals surface area contributed by atoms with Gasteiger partial charge in [0.05, 0.1) is 0 Å². The van der Waals surface area contributed by atoms with Crippen LogP contribution >= 0.6 is 11.3 Å². The Morgan fingerprint density at radius 2 is 2.00 bits per heavy atom. The number of hydrogen-bond donors (Lipinski definition) is 1. The van der Waals surface area contributed by atoms with E-state index in [1.165, 1.54) is 17.4 Å². The van der Waals surface area contributed by atoms with Gasteiger partial charge < -0.3 is 5.32 Å². The van der Waals surface area contributed by atoms with Crippen LogP contribution in [0.25, 0.3) is 10.6 Å². The van der Waals surface area contributed by atoms with Crippen LogP contribution in [0.3, 0.4) is 0 Å². The normalized spacial score (nSPS) is 10.8. The number of benzene rings is 1. The number of nitrogens with zero attached hydrogens (tertiary/aromatic N) is 1. The molecule has 0 fully saturated rings. The lowest BCUT2D eigenvalue weighted by atomic mass is 10.2. The molecule has 0 aliphatic carbocycles. The molecule has 0 spiro atoms. The van der Waals surface area contributed by atoms with Gasteiger partial charge >= 0.3 is 0 Å². The standard InChI is InChI=1S/C11H9F3N2S/c1-15-4-6-5-16-11(17-6)7-2-3-8(12)10(14)9(7)13/h2-3,5,15H,4H2,1H3. The lowest BCUT2D eigenvalue weighted by Crippen LogP contribution is -2.02. The first kappa shape index (κ1) is 12.1. The lowest BCUT2D eigenvalue weighted by Gasteiger charge is -2.00. The highest BCUT2D eigenvalue weighted by molar-refractivity contribution is 7.15. The molecule has 0 bridgehead atoms. The van der Waals surface area contributed by atoms with Gasteiger partial charge in [-0.3, -0.25) is 0 Å². The molecule has 1 heterocycles. The van der Waals surface area contributed by atoms with E-state index in [4.69, 9.17) is 0 Å².